The lowest BCUT2D eigenvalue weighted by Gasteiger charge is -2.34. The maximum atomic E-state index is 13.4. The van der Waals surface area contributed by atoms with Crippen LogP contribution >= 0.6 is 0 Å². The van der Waals surface area contributed by atoms with Crippen molar-refractivity contribution in [1.29, 1.82) is 0 Å². The number of anilines is 2. The number of nitrogens with zero attached hydrogens (tertiary/aromatic N) is 2. The molecule has 186 valence electrons. The molecule has 0 radical (unpaired) electrons. The zero-order chi connectivity index (χ0) is 24.9. The summed E-state index contributed by atoms with van der Waals surface area (Å²) < 4.78 is 0. The highest BCUT2D eigenvalue weighted by atomic mass is 16.6. The molecule has 2 fully saturated rings. The van der Waals surface area contributed by atoms with E-state index in [1.54, 1.807) is 31.2 Å². The van der Waals surface area contributed by atoms with Gasteiger partial charge in [0, 0.05) is 47.7 Å². The van der Waals surface area contributed by atoms with Gasteiger partial charge in [0.05, 0.1) is 10.5 Å². The van der Waals surface area contributed by atoms with Crippen LogP contribution in [0.25, 0.3) is 0 Å². The van der Waals surface area contributed by atoms with Crippen LogP contribution < -0.4 is 15.5 Å². The van der Waals surface area contributed by atoms with Gasteiger partial charge in [0.25, 0.3) is 17.5 Å². The summed E-state index contributed by atoms with van der Waals surface area (Å²) in [5, 5.41) is 17.3. The van der Waals surface area contributed by atoms with Gasteiger partial charge in [0.2, 0.25) is 0 Å². The first kappa shape index (κ1) is 24.7. The van der Waals surface area contributed by atoms with Gasteiger partial charge in [0.15, 0.2) is 0 Å². The molecule has 4 rings (SSSR count). The van der Waals surface area contributed by atoms with Gasteiger partial charge in [0.1, 0.15) is 0 Å². The second-order valence-corrected chi connectivity index (χ2v) is 9.92. The summed E-state index contributed by atoms with van der Waals surface area (Å²) in [4.78, 5) is 39.3. The van der Waals surface area contributed by atoms with E-state index in [4.69, 9.17) is 0 Å². The average Bonchev–Trinajstić information content (AvgIpc) is 2.85. The van der Waals surface area contributed by atoms with Crippen LogP contribution in [0.4, 0.5) is 17.1 Å². The zero-order valence-corrected chi connectivity index (χ0v) is 20.5. The van der Waals surface area contributed by atoms with Gasteiger partial charge in [-0.25, -0.2) is 0 Å². The summed E-state index contributed by atoms with van der Waals surface area (Å²) in [7, 11) is 0. The van der Waals surface area contributed by atoms with E-state index in [2.05, 4.69) is 22.5 Å². The number of nitrogens with one attached hydrogen (secondary N) is 2. The van der Waals surface area contributed by atoms with E-state index < -0.39 is 10.8 Å². The third kappa shape index (κ3) is 5.99. The predicted molar refractivity (Wildman–Crippen MR) is 137 cm³/mol. The Morgan fingerprint density at radius 3 is 2.37 bits per heavy atom. The number of rotatable bonds is 6. The quantitative estimate of drug-likeness (QED) is 0.424. The fraction of sp³-hybridized carbons (Fsp3) is 0.481. The molecule has 1 aliphatic heterocycles. The minimum Gasteiger partial charge on any atom is -0.371 e. The van der Waals surface area contributed by atoms with Crippen LogP contribution in [0.5, 0.6) is 0 Å². The molecule has 8 nitrogen and oxygen atoms in total. The van der Waals surface area contributed by atoms with Crippen molar-refractivity contribution >= 4 is 28.9 Å². The van der Waals surface area contributed by atoms with Crippen molar-refractivity contribution < 1.29 is 14.5 Å². The first-order valence-corrected chi connectivity index (χ1v) is 12.6. The van der Waals surface area contributed by atoms with E-state index in [-0.39, 0.29) is 23.2 Å². The Labute approximate surface area is 206 Å². The van der Waals surface area contributed by atoms with Crippen LogP contribution in [-0.2, 0) is 0 Å². The largest absolute Gasteiger partial charge is 0.371 e. The molecular formula is C27H34N4O4. The summed E-state index contributed by atoms with van der Waals surface area (Å²) >= 11 is 0. The van der Waals surface area contributed by atoms with E-state index in [0.717, 1.165) is 57.3 Å². The number of amides is 2. The number of nitro groups is 1. The number of piperidine rings is 1. The van der Waals surface area contributed by atoms with Gasteiger partial charge in [-0.3, -0.25) is 19.7 Å². The lowest BCUT2D eigenvalue weighted by Crippen LogP contribution is -2.38. The molecule has 2 aromatic carbocycles. The van der Waals surface area contributed by atoms with E-state index in [1.807, 2.05) is 6.07 Å². The first-order valence-electron chi connectivity index (χ1n) is 12.6. The average molecular weight is 479 g/mol. The summed E-state index contributed by atoms with van der Waals surface area (Å²) in [5.41, 5.74) is 2.52. The van der Waals surface area contributed by atoms with Crippen LogP contribution in [0, 0.1) is 23.0 Å². The van der Waals surface area contributed by atoms with Crippen molar-refractivity contribution in [2.45, 2.75) is 64.8 Å². The topological polar surface area (TPSA) is 105 Å². The van der Waals surface area contributed by atoms with Crippen molar-refractivity contribution in [3.8, 4) is 0 Å². The predicted octanol–water partition coefficient (Wildman–Crippen LogP) is 5.45. The van der Waals surface area contributed by atoms with Gasteiger partial charge in [-0.2, -0.15) is 0 Å². The highest BCUT2D eigenvalue weighted by molar-refractivity contribution is 6.06. The van der Waals surface area contributed by atoms with Crippen molar-refractivity contribution in [1.82, 2.24) is 5.32 Å². The van der Waals surface area contributed by atoms with E-state index in [1.165, 1.54) is 12.5 Å². The Morgan fingerprint density at radius 2 is 1.69 bits per heavy atom. The molecule has 2 amide bonds. The summed E-state index contributed by atoms with van der Waals surface area (Å²) in [6.07, 6.45) is 7.60. The number of hydrogen-bond donors (Lipinski definition) is 2. The van der Waals surface area contributed by atoms with Crippen molar-refractivity contribution in [2.75, 3.05) is 23.3 Å². The molecule has 0 unspecified atom stereocenters. The minimum absolute atomic E-state index is 0.0973. The lowest BCUT2D eigenvalue weighted by molar-refractivity contribution is -0.385. The third-order valence-electron chi connectivity index (χ3n) is 7.23. The maximum absolute atomic E-state index is 13.4. The normalized spacial score (nSPS) is 17.1. The summed E-state index contributed by atoms with van der Waals surface area (Å²) in [5.74, 6) is 0.0989. The second kappa shape index (κ2) is 10.9. The number of hydrogen-bond acceptors (Lipinski definition) is 5. The Balaban J connectivity index is 1.58. The molecule has 1 saturated heterocycles. The van der Waals surface area contributed by atoms with Crippen LogP contribution in [0.2, 0.25) is 0 Å². The molecule has 1 aliphatic carbocycles. The Bertz CT molecular complexity index is 1100. The molecule has 2 aromatic rings. The minimum atomic E-state index is -0.492. The summed E-state index contributed by atoms with van der Waals surface area (Å²) in [6.45, 7) is 5.67. The molecule has 0 aromatic heterocycles. The SMILES string of the molecule is Cc1ccc(C(=O)Nc2ccc(N3CCC(C)CC3)c(C(=O)NC3CCCCC3)c2)cc1[N+](=O)[O-]. The number of aryl methyl sites for hydroxylation is 1. The molecule has 0 bridgehead atoms. The van der Waals surface area contributed by atoms with Crippen LogP contribution in [0.15, 0.2) is 36.4 Å². The van der Waals surface area contributed by atoms with Crippen LogP contribution in [-0.4, -0.2) is 35.9 Å². The van der Waals surface area contributed by atoms with E-state index in [9.17, 15) is 19.7 Å². The van der Waals surface area contributed by atoms with Gasteiger partial charge in [-0.05, 0) is 62.8 Å². The molecule has 0 atom stereocenters. The maximum Gasteiger partial charge on any atom is 0.273 e. The third-order valence-corrected chi connectivity index (χ3v) is 7.23. The fourth-order valence-electron chi connectivity index (χ4n) is 4.98. The Kier molecular flexibility index (Phi) is 7.68. The number of benzene rings is 2. The molecule has 8 heteroatoms. The second-order valence-electron chi connectivity index (χ2n) is 9.92. The van der Waals surface area contributed by atoms with E-state index in [0.29, 0.717) is 22.7 Å². The fourth-order valence-corrected chi connectivity index (χ4v) is 4.98. The Morgan fingerprint density at radius 1 is 0.971 bits per heavy atom. The molecular weight excluding hydrogens is 444 g/mol. The molecule has 2 N–H and O–H groups in total. The Hall–Kier alpha value is -3.42. The van der Waals surface area contributed by atoms with Crippen molar-refractivity contribution in [2.24, 2.45) is 5.92 Å². The van der Waals surface area contributed by atoms with Gasteiger partial charge < -0.3 is 15.5 Å². The highest BCUT2D eigenvalue weighted by Gasteiger charge is 2.24. The monoisotopic (exact) mass is 478 g/mol. The smallest absolute Gasteiger partial charge is 0.273 e. The summed E-state index contributed by atoms with van der Waals surface area (Å²) in [6, 6.07) is 10.0. The molecule has 2 aliphatic rings. The first-order chi connectivity index (χ1) is 16.8. The molecule has 1 saturated carbocycles. The molecule has 35 heavy (non-hydrogen) atoms. The van der Waals surface area contributed by atoms with Gasteiger partial charge in [-0.1, -0.05) is 32.3 Å². The number of carbonyl (C=O) groups excluding carboxylic acids is 2. The number of nitro benzene ring substituents is 1. The standard InChI is InChI=1S/C27H34N4O4/c1-18-12-14-30(15-13-18)24-11-10-22(17-23(24)27(33)28-21-6-4-3-5-7-21)29-26(32)20-9-8-19(2)25(16-20)31(34)35/h8-11,16-18,21H,3-7,12-15H2,1-2H3,(H,28,33)(H,29,32). The number of carbonyl (C=O) groups is 2. The van der Waals surface area contributed by atoms with E-state index >= 15 is 0 Å². The molecule has 0 spiro atoms. The zero-order valence-electron chi connectivity index (χ0n) is 20.5. The van der Waals surface area contributed by atoms with Crippen molar-refractivity contribution in [3.63, 3.8) is 0 Å². The van der Waals surface area contributed by atoms with Crippen LogP contribution in [0.1, 0.15) is 78.1 Å². The van der Waals surface area contributed by atoms with Crippen LogP contribution in [0.3, 0.4) is 0 Å². The van der Waals surface area contributed by atoms with Gasteiger partial charge >= 0.3 is 0 Å². The lowest BCUT2D eigenvalue weighted by atomic mass is 9.95. The highest BCUT2D eigenvalue weighted by Crippen LogP contribution is 2.30. The molecule has 1 heterocycles. The van der Waals surface area contributed by atoms with Gasteiger partial charge in [-0.15, -0.1) is 0 Å². The van der Waals surface area contributed by atoms with Crippen molar-refractivity contribution in [3.05, 3.63) is 63.2 Å².